The molecule has 0 aliphatic heterocycles. The average molecular weight is 291 g/mol. The van der Waals surface area contributed by atoms with Crippen LogP contribution in [0.25, 0.3) is 0 Å². The van der Waals surface area contributed by atoms with E-state index in [-0.39, 0.29) is 23.7 Å². The third kappa shape index (κ3) is 4.26. The van der Waals surface area contributed by atoms with Crippen molar-refractivity contribution in [1.82, 2.24) is 4.90 Å². The molecule has 18 heavy (non-hydrogen) atoms. The number of hydrogen-bond donors (Lipinski definition) is 1. The van der Waals surface area contributed by atoms with Gasteiger partial charge in [-0.15, -0.1) is 23.7 Å². The molecule has 0 radical (unpaired) electrons. The van der Waals surface area contributed by atoms with E-state index in [1.165, 1.54) is 10.4 Å². The Balaban J connectivity index is 0.00000289. The van der Waals surface area contributed by atoms with Gasteiger partial charge in [-0.2, -0.15) is 0 Å². The van der Waals surface area contributed by atoms with E-state index in [2.05, 4.69) is 13.8 Å². The third-order valence-electron chi connectivity index (χ3n) is 2.94. The van der Waals surface area contributed by atoms with Crippen molar-refractivity contribution in [2.24, 2.45) is 11.1 Å². The summed E-state index contributed by atoms with van der Waals surface area (Å²) in [5, 5.41) is 0. The predicted molar refractivity (Wildman–Crippen MR) is 80.8 cm³/mol. The molecule has 2 N–H and O–H groups in total. The van der Waals surface area contributed by atoms with E-state index in [1.807, 2.05) is 27.0 Å². The standard InChI is InChI=1S/C13H22N2OS.ClH/c1-9-6-11(17-10(9)2)12(16)15(5)8-13(3,4)7-14;/h6H,7-8,14H2,1-5H3;1H. The van der Waals surface area contributed by atoms with Gasteiger partial charge in [-0.3, -0.25) is 4.79 Å². The van der Waals surface area contributed by atoms with Crippen LogP contribution in [0, 0.1) is 19.3 Å². The van der Waals surface area contributed by atoms with Crippen molar-refractivity contribution in [2.45, 2.75) is 27.7 Å². The van der Waals surface area contributed by atoms with Crippen LogP contribution in [0.1, 0.15) is 34.0 Å². The molecule has 0 aliphatic rings. The first kappa shape index (κ1) is 17.4. The van der Waals surface area contributed by atoms with Crippen LogP contribution in [0.5, 0.6) is 0 Å². The molecule has 1 rings (SSSR count). The molecule has 0 aromatic carbocycles. The van der Waals surface area contributed by atoms with Crippen molar-refractivity contribution >= 4 is 29.7 Å². The number of nitrogens with zero attached hydrogens (tertiary/aromatic N) is 1. The zero-order valence-electron chi connectivity index (χ0n) is 11.7. The van der Waals surface area contributed by atoms with Crippen LogP contribution >= 0.6 is 23.7 Å². The minimum absolute atomic E-state index is 0. The lowest BCUT2D eigenvalue weighted by Crippen LogP contribution is -2.39. The number of thiophene rings is 1. The van der Waals surface area contributed by atoms with Gasteiger partial charge in [0.25, 0.3) is 5.91 Å². The SMILES string of the molecule is Cc1cc(C(=O)N(C)CC(C)(C)CN)sc1C.Cl. The fourth-order valence-electron chi connectivity index (χ4n) is 1.65. The Kier molecular flexibility index (Phi) is 6.34. The maximum absolute atomic E-state index is 12.2. The van der Waals surface area contributed by atoms with Crippen molar-refractivity contribution in [2.75, 3.05) is 20.1 Å². The maximum Gasteiger partial charge on any atom is 0.263 e. The molecule has 1 heterocycles. The lowest BCUT2D eigenvalue weighted by Gasteiger charge is -2.28. The molecule has 0 saturated heterocycles. The molecule has 0 spiro atoms. The molecular weight excluding hydrogens is 268 g/mol. The summed E-state index contributed by atoms with van der Waals surface area (Å²) >= 11 is 1.56. The number of carbonyl (C=O) groups is 1. The lowest BCUT2D eigenvalue weighted by molar-refractivity contribution is 0.0745. The van der Waals surface area contributed by atoms with Gasteiger partial charge in [-0.1, -0.05) is 13.8 Å². The first-order chi connectivity index (χ1) is 7.76. The minimum atomic E-state index is -0.0360. The molecule has 1 aromatic rings. The van der Waals surface area contributed by atoms with Crippen LogP contribution in [0.2, 0.25) is 0 Å². The Hall–Kier alpha value is -0.580. The van der Waals surface area contributed by atoms with E-state index in [0.29, 0.717) is 13.1 Å². The van der Waals surface area contributed by atoms with Crippen molar-refractivity contribution in [3.8, 4) is 0 Å². The second-order valence-electron chi connectivity index (χ2n) is 5.38. The Morgan fingerprint density at radius 2 is 2.00 bits per heavy atom. The number of carbonyl (C=O) groups excluding carboxylic acids is 1. The molecule has 0 saturated carbocycles. The quantitative estimate of drug-likeness (QED) is 0.927. The van der Waals surface area contributed by atoms with Gasteiger partial charge in [0.05, 0.1) is 4.88 Å². The number of rotatable bonds is 4. The van der Waals surface area contributed by atoms with E-state index in [9.17, 15) is 4.79 Å². The van der Waals surface area contributed by atoms with Crippen molar-refractivity contribution in [1.29, 1.82) is 0 Å². The fourth-order valence-corrected chi connectivity index (χ4v) is 2.67. The van der Waals surface area contributed by atoms with Gasteiger partial charge >= 0.3 is 0 Å². The summed E-state index contributed by atoms with van der Waals surface area (Å²) in [6, 6.07) is 1.97. The van der Waals surface area contributed by atoms with Gasteiger partial charge in [0.2, 0.25) is 0 Å². The molecule has 0 unspecified atom stereocenters. The molecule has 1 aromatic heterocycles. The fraction of sp³-hybridized carbons (Fsp3) is 0.615. The van der Waals surface area contributed by atoms with Crippen LogP contribution in [-0.2, 0) is 0 Å². The van der Waals surface area contributed by atoms with Crippen molar-refractivity contribution in [3.05, 3.63) is 21.4 Å². The Bertz CT molecular complexity index is 396. The van der Waals surface area contributed by atoms with E-state index in [4.69, 9.17) is 5.73 Å². The summed E-state index contributed by atoms with van der Waals surface area (Å²) in [5.41, 5.74) is 6.84. The summed E-state index contributed by atoms with van der Waals surface area (Å²) in [5.74, 6) is 0.0905. The zero-order valence-corrected chi connectivity index (χ0v) is 13.4. The number of amides is 1. The number of nitrogens with two attached hydrogens (primary N) is 1. The highest BCUT2D eigenvalue weighted by Gasteiger charge is 2.22. The van der Waals surface area contributed by atoms with E-state index < -0.39 is 0 Å². The molecular formula is C13H23ClN2OS. The monoisotopic (exact) mass is 290 g/mol. The van der Waals surface area contributed by atoms with Crippen LogP contribution in [-0.4, -0.2) is 30.9 Å². The number of aryl methyl sites for hydroxylation is 2. The predicted octanol–water partition coefficient (Wildman–Crippen LogP) is 2.84. The first-order valence-corrected chi connectivity index (χ1v) is 6.61. The highest BCUT2D eigenvalue weighted by Crippen LogP contribution is 2.23. The molecule has 0 aliphatic carbocycles. The first-order valence-electron chi connectivity index (χ1n) is 5.79. The van der Waals surface area contributed by atoms with Crippen LogP contribution in [0.4, 0.5) is 0 Å². The molecule has 0 fully saturated rings. The van der Waals surface area contributed by atoms with Crippen molar-refractivity contribution < 1.29 is 4.79 Å². The maximum atomic E-state index is 12.2. The van der Waals surface area contributed by atoms with Crippen LogP contribution < -0.4 is 5.73 Å². The number of halogens is 1. The summed E-state index contributed by atoms with van der Waals surface area (Å²) in [4.78, 5) is 16.0. The largest absolute Gasteiger partial charge is 0.340 e. The Labute approximate surface area is 120 Å². The molecule has 104 valence electrons. The average Bonchev–Trinajstić information content (AvgIpc) is 2.57. The topological polar surface area (TPSA) is 46.3 Å². The van der Waals surface area contributed by atoms with Gasteiger partial charge in [0.1, 0.15) is 0 Å². The Morgan fingerprint density at radius 1 is 1.44 bits per heavy atom. The highest BCUT2D eigenvalue weighted by molar-refractivity contribution is 7.14. The normalized spacial score (nSPS) is 11.0. The third-order valence-corrected chi connectivity index (χ3v) is 4.08. The van der Waals surface area contributed by atoms with E-state index in [0.717, 1.165) is 4.88 Å². The Morgan fingerprint density at radius 3 is 2.39 bits per heavy atom. The van der Waals surface area contributed by atoms with E-state index >= 15 is 0 Å². The summed E-state index contributed by atoms with van der Waals surface area (Å²) in [7, 11) is 1.84. The summed E-state index contributed by atoms with van der Waals surface area (Å²) in [6.07, 6.45) is 0. The minimum Gasteiger partial charge on any atom is -0.340 e. The van der Waals surface area contributed by atoms with Gasteiger partial charge in [-0.25, -0.2) is 0 Å². The lowest BCUT2D eigenvalue weighted by atomic mass is 9.93. The molecule has 0 bridgehead atoms. The van der Waals surface area contributed by atoms with Gasteiger partial charge in [-0.05, 0) is 37.4 Å². The van der Waals surface area contributed by atoms with Gasteiger partial charge < -0.3 is 10.6 Å². The number of hydrogen-bond acceptors (Lipinski definition) is 3. The smallest absolute Gasteiger partial charge is 0.263 e. The highest BCUT2D eigenvalue weighted by atomic mass is 35.5. The summed E-state index contributed by atoms with van der Waals surface area (Å²) in [6.45, 7) is 9.47. The molecule has 0 atom stereocenters. The van der Waals surface area contributed by atoms with E-state index in [1.54, 1.807) is 16.2 Å². The molecule has 5 heteroatoms. The molecule has 1 amide bonds. The summed E-state index contributed by atoms with van der Waals surface area (Å²) < 4.78 is 0. The van der Waals surface area contributed by atoms with Crippen molar-refractivity contribution in [3.63, 3.8) is 0 Å². The second-order valence-corrected chi connectivity index (χ2v) is 6.64. The van der Waals surface area contributed by atoms with Gasteiger partial charge in [0.15, 0.2) is 0 Å². The van der Waals surface area contributed by atoms with Gasteiger partial charge in [0, 0.05) is 18.5 Å². The zero-order chi connectivity index (χ0) is 13.2. The molecule has 3 nitrogen and oxygen atoms in total. The van der Waals surface area contributed by atoms with Crippen LogP contribution in [0.3, 0.4) is 0 Å². The second kappa shape index (κ2) is 6.55. The van der Waals surface area contributed by atoms with Crippen LogP contribution in [0.15, 0.2) is 6.07 Å².